The Morgan fingerprint density at radius 2 is 1.35 bits per heavy atom. The van der Waals surface area contributed by atoms with Crippen molar-refractivity contribution in [2.45, 2.75) is 49.5 Å². The molecule has 2 aliphatic heterocycles. The maximum absolute atomic E-state index is 13.6. The number of carbonyl (C=O) groups is 1. The molecule has 0 unspecified atom stereocenters. The van der Waals surface area contributed by atoms with Gasteiger partial charge in [0.25, 0.3) is 0 Å². The molecule has 0 spiro atoms. The summed E-state index contributed by atoms with van der Waals surface area (Å²) in [5.41, 5.74) is 2.31. The van der Waals surface area contributed by atoms with Crippen molar-refractivity contribution in [1.29, 1.82) is 0 Å². The molecule has 10 heteroatoms. The molecule has 2 heterocycles. The average Bonchev–Trinajstić information content (AvgIpc) is 3.07. The van der Waals surface area contributed by atoms with Crippen molar-refractivity contribution in [3.63, 3.8) is 0 Å². The van der Waals surface area contributed by atoms with Gasteiger partial charge in [0.2, 0.25) is 5.91 Å². The summed E-state index contributed by atoms with van der Waals surface area (Å²) in [5.74, 6) is 0.258. The van der Waals surface area contributed by atoms with Crippen LogP contribution in [0.4, 0.5) is 0 Å². The number of amides is 1. The van der Waals surface area contributed by atoms with E-state index in [2.05, 4.69) is 94.8 Å². The lowest BCUT2D eigenvalue weighted by atomic mass is 9.71. The van der Waals surface area contributed by atoms with Crippen LogP contribution in [0.25, 0.3) is 0 Å². The van der Waals surface area contributed by atoms with Crippen LogP contribution in [0.1, 0.15) is 55.2 Å². The fraction of sp³-hybridized carbons (Fsp3) is 0.500. The second kappa shape index (κ2) is 20.1. The van der Waals surface area contributed by atoms with E-state index < -0.39 is 5.60 Å². The van der Waals surface area contributed by atoms with Crippen LogP contribution in [0, 0.1) is 5.92 Å². The third kappa shape index (κ3) is 11.1. The predicted molar refractivity (Wildman–Crippen MR) is 206 cm³/mol. The summed E-state index contributed by atoms with van der Waals surface area (Å²) in [5, 5.41) is 15.5. The molecule has 0 aromatic heterocycles. The van der Waals surface area contributed by atoms with Gasteiger partial charge in [0.05, 0.1) is 5.60 Å². The van der Waals surface area contributed by atoms with Gasteiger partial charge >= 0.3 is 0 Å². The number of nitrogens with zero attached hydrogens (tertiary/aromatic N) is 3. The highest BCUT2D eigenvalue weighted by Crippen LogP contribution is 2.38. The van der Waals surface area contributed by atoms with Crippen LogP contribution in [0.15, 0.2) is 84.9 Å². The first-order chi connectivity index (χ1) is 21.8. The zero-order valence-corrected chi connectivity index (χ0v) is 31.6. The summed E-state index contributed by atoms with van der Waals surface area (Å²) >= 11 is 6.09. The third-order valence-corrected chi connectivity index (χ3v) is 10.4. The summed E-state index contributed by atoms with van der Waals surface area (Å²) in [7, 11) is 4.22. The average molecular weight is 741 g/mol. The Labute approximate surface area is 311 Å². The number of hydrogen-bond donors (Lipinski definition) is 2. The molecule has 48 heavy (non-hydrogen) atoms. The second-order valence-corrected chi connectivity index (χ2v) is 13.9. The van der Waals surface area contributed by atoms with E-state index in [1.807, 2.05) is 24.3 Å². The van der Waals surface area contributed by atoms with E-state index in [9.17, 15) is 9.90 Å². The van der Waals surface area contributed by atoms with E-state index in [0.29, 0.717) is 24.4 Å². The van der Waals surface area contributed by atoms with E-state index >= 15 is 0 Å². The summed E-state index contributed by atoms with van der Waals surface area (Å²) < 4.78 is 0. The number of piperidine rings is 2. The lowest BCUT2D eigenvalue weighted by Gasteiger charge is -2.40. The highest BCUT2D eigenvalue weighted by Gasteiger charge is 2.37. The van der Waals surface area contributed by atoms with Gasteiger partial charge in [-0.1, -0.05) is 84.4 Å². The first kappa shape index (κ1) is 42.3. The van der Waals surface area contributed by atoms with Crippen LogP contribution >= 0.6 is 48.8 Å². The molecule has 0 atom stereocenters. The van der Waals surface area contributed by atoms with E-state index in [1.165, 1.54) is 11.1 Å². The Kier molecular flexibility index (Phi) is 17.7. The van der Waals surface area contributed by atoms with E-state index in [0.717, 1.165) is 77.1 Å². The molecule has 2 fully saturated rings. The fourth-order valence-electron chi connectivity index (χ4n) is 7.20. The van der Waals surface area contributed by atoms with Crippen molar-refractivity contribution < 1.29 is 9.90 Å². The molecule has 6 nitrogen and oxygen atoms in total. The number of carbonyl (C=O) groups excluding carboxylic acids is 1. The monoisotopic (exact) mass is 738 g/mol. The van der Waals surface area contributed by atoms with Crippen molar-refractivity contribution in [3.8, 4) is 0 Å². The molecule has 0 bridgehead atoms. The minimum atomic E-state index is -0.800. The SMILES string of the molecule is CN(C)CCN1CCC(C(=O)NCC(CCCN2CCC(O)(c3ccc(Cl)cc3)CC2)(c2ccccc2)c2ccccc2)CC1.Cl.Cl.Cl. The Bertz CT molecular complexity index is 1290. The maximum atomic E-state index is 13.6. The quantitative estimate of drug-likeness (QED) is 0.197. The molecule has 5 rings (SSSR count). The van der Waals surface area contributed by atoms with E-state index in [4.69, 9.17) is 11.6 Å². The topological polar surface area (TPSA) is 59.0 Å². The highest BCUT2D eigenvalue weighted by atomic mass is 35.5. The van der Waals surface area contributed by atoms with Gasteiger partial charge in [0.1, 0.15) is 0 Å². The van der Waals surface area contributed by atoms with Gasteiger partial charge in [0, 0.05) is 49.1 Å². The predicted octanol–water partition coefficient (Wildman–Crippen LogP) is 7.05. The lowest BCUT2D eigenvalue weighted by molar-refractivity contribution is -0.126. The number of likely N-dealkylation sites (tertiary alicyclic amines) is 2. The van der Waals surface area contributed by atoms with Gasteiger partial charge in [0.15, 0.2) is 0 Å². The highest BCUT2D eigenvalue weighted by molar-refractivity contribution is 6.30. The fourth-order valence-corrected chi connectivity index (χ4v) is 7.33. The number of rotatable bonds is 13. The summed E-state index contributed by atoms with van der Waals surface area (Å²) in [6.07, 6.45) is 5.16. The first-order valence-corrected chi connectivity index (χ1v) is 17.1. The number of hydrogen-bond acceptors (Lipinski definition) is 5. The number of benzene rings is 3. The molecule has 2 saturated heterocycles. The minimum absolute atomic E-state index is 0. The lowest BCUT2D eigenvalue weighted by Crippen LogP contribution is -2.47. The van der Waals surface area contributed by atoms with Gasteiger partial charge in [-0.3, -0.25) is 4.79 Å². The summed E-state index contributed by atoms with van der Waals surface area (Å²) in [6.45, 7) is 7.32. The van der Waals surface area contributed by atoms with Crippen molar-refractivity contribution in [3.05, 3.63) is 107 Å². The van der Waals surface area contributed by atoms with Gasteiger partial charge in [-0.2, -0.15) is 0 Å². The number of nitrogens with one attached hydrogen (secondary N) is 1. The third-order valence-electron chi connectivity index (χ3n) is 10.2. The molecule has 266 valence electrons. The molecule has 0 saturated carbocycles. The molecular formula is C38H54Cl4N4O2. The standard InChI is InChI=1S/C38H51ClN4O2.3ClH/c1-41(2)28-29-43-24-18-31(19-25-43)36(44)40-30-37(32-10-5-3-6-11-32,33-12-7-4-8-13-33)20-9-23-42-26-21-38(45,22-27-42)34-14-16-35(39)17-15-34;;;/h3-8,10-17,31,45H,9,18-30H2,1-2H3,(H,40,44);3*1H. The smallest absolute Gasteiger partial charge is 0.223 e. The molecule has 3 aromatic carbocycles. The van der Waals surface area contributed by atoms with Crippen molar-refractivity contribution in [2.24, 2.45) is 5.92 Å². The number of likely N-dealkylation sites (N-methyl/N-ethyl adjacent to an activating group) is 1. The number of aliphatic hydroxyl groups is 1. The van der Waals surface area contributed by atoms with Crippen molar-refractivity contribution in [2.75, 3.05) is 66.5 Å². The van der Waals surface area contributed by atoms with Gasteiger partial charge in [-0.05, 0) is 101 Å². The van der Waals surface area contributed by atoms with Crippen molar-refractivity contribution >= 4 is 54.7 Å². The number of halogens is 4. The summed E-state index contributed by atoms with van der Waals surface area (Å²) in [6, 6.07) is 29.1. The van der Waals surface area contributed by atoms with Crippen LogP contribution in [0.2, 0.25) is 5.02 Å². The molecule has 0 aliphatic carbocycles. The summed E-state index contributed by atoms with van der Waals surface area (Å²) in [4.78, 5) is 20.8. The molecule has 1 amide bonds. The molecule has 2 N–H and O–H groups in total. The Hall–Kier alpha value is -1.87. The molecule has 2 aliphatic rings. The molecular weight excluding hydrogens is 686 g/mol. The van der Waals surface area contributed by atoms with Gasteiger partial charge in [-0.15, -0.1) is 37.2 Å². The van der Waals surface area contributed by atoms with Crippen LogP contribution in [-0.2, 0) is 15.8 Å². The Morgan fingerprint density at radius 3 is 1.88 bits per heavy atom. The van der Waals surface area contributed by atoms with Crippen LogP contribution in [0.5, 0.6) is 0 Å². The van der Waals surface area contributed by atoms with E-state index in [1.54, 1.807) is 0 Å². The van der Waals surface area contributed by atoms with Gasteiger partial charge < -0.3 is 25.1 Å². The molecule has 0 radical (unpaired) electrons. The van der Waals surface area contributed by atoms with Crippen LogP contribution in [-0.4, -0.2) is 92.2 Å². The van der Waals surface area contributed by atoms with E-state index in [-0.39, 0.29) is 54.5 Å². The Balaban J connectivity index is 0.00000267. The van der Waals surface area contributed by atoms with Gasteiger partial charge in [-0.25, -0.2) is 0 Å². The first-order valence-electron chi connectivity index (χ1n) is 16.7. The molecule has 3 aromatic rings. The second-order valence-electron chi connectivity index (χ2n) is 13.4. The van der Waals surface area contributed by atoms with Crippen LogP contribution in [0.3, 0.4) is 0 Å². The maximum Gasteiger partial charge on any atom is 0.223 e. The minimum Gasteiger partial charge on any atom is -0.385 e. The van der Waals surface area contributed by atoms with Crippen LogP contribution < -0.4 is 5.32 Å². The normalized spacial score (nSPS) is 17.1. The zero-order chi connectivity index (χ0) is 31.7. The largest absolute Gasteiger partial charge is 0.385 e. The zero-order valence-electron chi connectivity index (χ0n) is 28.4. The van der Waals surface area contributed by atoms with Crippen molar-refractivity contribution in [1.82, 2.24) is 20.0 Å². The Morgan fingerprint density at radius 1 is 0.833 bits per heavy atom.